The molecule has 0 aliphatic rings. The molecule has 0 spiro atoms. The van der Waals surface area contributed by atoms with E-state index < -0.39 is 0 Å². The van der Waals surface area contributed by atoms with Crippen LogP contribution >= 0.6 is 11.6 Å². The summed E-state index contributed by atoms with van der Waals surface area (Å²) in [6.45, 7) is 5.29. The van der Waals surface area contributed by atoms with Crippen LogP contribution in [0.2, 0.25) is 0 Å². The van der Waals surface area contributed by atoms with E-state index in [2.05, 4.69) is 35.8 Å². The molecule has 1 aromatic rings. The average Bonchev–Trinajstić information content (AvgIpc) is 2.34. The van der Waals surface area contributed by atoms with Crippen molar-refractivity contribution in [3.63, 3.8) is 0 Å². The number of aromatic nitrogens is 1. The monoisotopic (exact) mass is 255 g/mol. The van der Waals surface area contributed by atoms with Gasteiger partial charge in [0.1, 0.15) is 0 Å². The van der Waals surface area contributed by atoms with Crippen molar-refractivity contribution >= 4 is 17.3 Å². The van der Waals surface area contributed by atoms with Crippen LogP contribution in [-0.2, 0) is 5.88 Å². The van der Waals surface area contributed by atoms with Crippen LogP contribution in [0.25, 0.3) is 0 Å². The maximum absolute atomic E-state index is 5.97. The minimum absolute atomic E-state index is 0.542. The largest absolute Gasteiger partial charge is 0.369 e. The van der Waals surface area contributed by atoms with Gasteiger partial charge in [-0.25, -0.2) is 0 Å². The van der Waals surface area contributed by atoms with Crippen molar-refractivity contribution in [2.75, 3.05) is 38.6 Å². The number of hydrogen-bond acceptors (Lipinski definition) is 3. The Morgan fingerprint density at radius 3 is 2.59 bits per heavy atom. The molecule has 0 aliphatic heterocycles. The van der Waals surface area contributed by atoms with Gasteiger partial charge in [0.2, 0.25) is 0 Å². The number of hydrogen-bond donors (Lipinski definition) is 0. The van der Waals surface area contributed by atoms with E-state index in [0.717, 1.165) is 31.6 Å². The van der Waals surface area contributed by atoms with Gasteiger partial charge < -0.3 is 9.80 Å². The highest BCUT2D eigenvalue weighted by atomic mass is 35.5. The molecule has 0 bridgehead atoms. The second kappa shape index (κ2) is 7.51. The summed E-state index contributed by atoms with van der Waals surface area (Å²) in [5, 5.41) is 0. The third-order valence-corrected chi connectivity index (χ3v) is 2.97. The van der Waals surface area contributed by atoms with Crippen LogP contribution < -0.4 is 4.90 Å². The van der Waals surface area contributed by atoms with Crippen molar-refractivity contribution < 1.29 is 0 Å². The molecule has 1 heterocycles. The van der Waals surface area contributed by atoms with Gasteiger partial charge in [0.05, 0.1) is 11.9 Å². The molecule has 0 atom stereocenters. The Balaban J connectivity index is 2.80. The molecule has 3 nitrogen and oxygen atoms in total. The molecular weight excluding hydrogens is 234 g/mol. The average molecular weight is 256 g/mol. The highest BCUT2D eigenvalue weighted by Crippen LogP contribution is 2.20. The Morgan fingerprint density at radius 2 is 2.00 bits per heavy atom. The number of halogens is 1. The van der Waals surface area contributed by atoms with E-state index in [0.29, 0.717) is 5.88 Å². The molecule has 0 saturated heterocycles. The van der Waals surface area contributed by atoms with Gasteiger partial charge >= 0.3 is 0 Å². The van der Waals surface area contributed by atoms with Crippen molar-refractivity contribution in [2.24, 2.45) is 0 Å². The Kier molecular flexibility index (Phi) is 6.30. The van der Waals surface area contributed by atoms with Gasteiger partial charge in [-0.05, 0) is 32.1 Å². The molecule has 17 heavy (non-hydrogen) atoms. The van der Waals surface area contributed by atoms with Crippen molar-refractivity contribution in [3.05, 3.63) is 24.0 Å². The van der Waals surface area contributed by atoms with Gasteiger partial charge in [-0.1, -0.05) is 6.92 Å². The zero-order chi connectivity index (χ0) is 12.7. The molecule has 0 amide bonds. The summed E-state index contributed by atoms with van der Waals surface area (Å²) < 4.78 is 0. The summed E-state index contributed by atoms with van der Waals surface area (Å²) in [4.78, 5) is 8.77. The first-order chi connectivity index (χ1) is 8.19. The molecule has 0 fully saturated rings. The van der Waals surface area contributed by atoms with E-state index in [-0.39, 0.29) is 0 Å². The van der Waals surface area contributed by atoms with Crippen LogP contribution in [0.4, 0.5) is 5.69 Å². The van der Waals surface area contributed by atoms with Gasteiger partial charge in [-0.15, -0.1) is 11.6 Å². The molecule has 0 radical (unpaired) electrons. The molecule has 4 heteroatoms. The van der Waals surface area contributed by atoms with E-state index in [9.17, 15) is 0 Å². The van der Waals surface area contributed by atoms with Crippen LogP contribution in [0.5, 0.6) is 0 Å². The lowest BCUT2D eigenvalue weighted by atomic mass is 10.2. The SMILES string of the molecule is CCCN(CCN(C)C)c1cnccc1CCl. The molecule has 1 rings (SSSR count). The zero-order valence-corrected chi connectivity index (χ0v) is 11.7. The van der Waals surface area contributed by atoms with Gasteiger partial charge in [0.25, 0.3) is 0 Å². The topological polar surface area (TPSA) is 19.4 Å². The Labute approximate surface area is 109 Å². The smallest absolute Gasteiger partial charge is 0.0597 e. The highest BCUT2D eigenvalue weighted by molar-refractivity contribution is 6.17. The van der Waals surface area contributed by atoms with Gasteiger partial charge in [0.15, 0.2) is 0 Å². The number of alkyl halides is 1. The summed E-state index contributed by atoms with van der Waals surface area (Å²) in [7, 11) is 4.19. The molecular formula is C13H22ClN3. The lowest BCUT2D eigenvalue weighted by Gasteiger charge is -2.27. The van der Waals surface area contributed by atoms with Crippen LogP contribution in [0.3, 0.4) is 0 Å². The molecule has 0 unspecified atom stereocenters. The van der Waals surface area contributed by atoms with E-state index >= 15 is 0 Å². The number of anilines is 1. The van der Waals surface area contributed by atoms with Crippen LogP contribution in [0.1, 0.15) is 18.9 Å². The third kappa shape index (κ3) is 4.52. The Bertz CT molecular complexity index is 328. The van der Waals surface area contributed by atoms with Gasteiger partial charge in [0, 0.05) is 31.7 Å². The normalized spacial score (nSPS) is 10.9. The van der Waals surface area contributed by atoms with Crippen molar-refractivity contribution in [3.8, 4) is 0 Å². The highest BCUT2D eigenvalue weighted by Gasteiger charge is 2.10. The quantitative estimate of drug-likeness (QED) is 0.699. The van der Waals surface area contributed by atoms with E-state index in [1.54, 1.807) is 6.20 Å². The van der Waals surface area contributed by atoms with Gasteiger partial charge in [-0.3, -0.25) is 4.98 Å². The number of likely N-dealkylation sites (N-methyl/N-ethyl adjacent to an activating group) is 1. The first-order valence-electron chi connectivity index (χ1n) is 6.07. The summed E-state index contributed by atoms with van der Waals surface area (Å²) >= 11 is 5.97. The molecule has 0 aromatic carbocycles. The summed E-state index contributed by atoms with van der Waals surface area (Å²) in [6, 6.07) is 2.00. The number of nitrogens with zero attached hydrogens (tertiary/aromatic N) is 3. The predicted octanol–water partition coefficient (Wildman–Crippen LogP) is 2.60. The van der Waals surface area contributed by atoms with Crippen LogP contribution in [-0.4, -0.2) is 43.6 Å². The molecule has 0 aliphatic carbocycles. The minimum atomic E-state index is 0.542. The molecule has 0 saturated carbocycles. The van der Waals surface area contributed by atoms with E-state index in [1.807, 2.05) is 12.3 Å². The lowest BCUT2D eigenvalue weighted by molar-refractivity contribution is 0.413. The van der Waals surface area contributed by atoms with E-state index in [4.69, 9.17) is 11.6 Å². The number of pyridine rings is 1. The second-order valence-corrected chi connectivity index (χ2v) is 4.70. The summed E-state index contributed by atoms with van der Waals surface area (Å²) in [5.41, 5.74) is 2.33. The van der Waals surface area contributed by atoms with Gasteiger partial charge in [-0.2, -0.15) is 0 Å². The zero-order valence-electron chi connectivity index (χ0n) is 11.0. The Morgan fingerprint density at radius 1 is 1.24 bits per heavy atom. The first-order valence-corrected chi connectivity index (χ1v) is 6.61. The third-order valence-electron chi connectivity index (χ3n) is 2.68. The Hall–Kier alpha value is -0.800. The maximum Gasteiger partial charge on any atom is 0.0597 e. The molecule has 96 valence electrons. The van der Waals surface area contributed by atoms with Crippen molar-refractivity contribution in [1.82, 2.24) is 9.88 Å². The summed E-state index contributed by atoms with van der Waals surface area (Å²) in [6.07, 6.45) is 4.85. The van der Waals surface area contributed by atoms with E-state index in [1.165, 1.54) is 5.69 Å². The molecule has 0 N–H and O–H groups in total. The fourth-order valence-corrected chi connectivity index (χ4v) is 1.98. The molecule has 1 aromatic heterocycles. The number of rotatable bonds is 7. The van der Waals surface area contributed by atoms with Crippen LogP contribution in [0.15, 0.2) is 18.5 Å². The van der Waals surface area contributed by atoms with Crippen LogP contribution in [0, 0.1) is 0 Å². The fourth-order valence-electron chi connectivity index (χ4n) is 1.76. The lowest BCUT2D eigenvalue weighted by Crippen LogP contribution is -2.33. The standard InChI is InChI=1S/C13H22ClN3/c1-4-7-17(9-8-16(2)3)13-11-15-6-5-12(13)10-14/h5-6,11H,4,7-10H2,1-3H3. The summed E-state index contributed by atoms with van der Waals surface area (Å²) in [5.74, 6) is 0.542. The fraction of sp³-hybridized carbons (Fsp3) is 0.615. The van der Waals surface area contributed by atoms with Crippen molar-refractivity contribution in [2.45, 2.75) is 19.2 Å². The first kappa shape index (κ1) is 14.3. The predicted molar refractivity (Wildman–Crippen MR) is 74.9 cm³/mol. The van der Waals surface area contributed by atoms with Crippen molar-refractivity contribution in [1.29, 1.82) is 0 Å². The maximum atomic E-state index is 5.97. The second-order valence-electron chi connectivity index (χ2n) is 4.43. The minimum Gasteiger partial charge on any atom is -0.369 e.